The zero-order valence-corrected chi connectivity index (χ0v) is 9.00. The zero-order chi connectivity index (χ0) is 10.3. The van der Waals surface area contributed by atoms with Crippen molar-refractivity contribution in [2.75, 3.05) is 26.3 Å². The fraction of sp³-hybridized carbons (Fsp3) is 0.909. The molecule has 15 heavy (non-hydrogen) atoms. The van der Waals surface area contributed by atoms with E-state index in [1.165, 1.54) is 19.3 Å². The fourth-order valence-corrected chi connectivity index (χ4v) is 3.03. The Morgan fingerprint density at radius 1 is 1.47 bits per heavy atom. The number of carbonyl (C=O) groups is 1. The molecule has 0 radical (unpaired) electrons. The molecule has 0 aromatic rings. The molecule has 2 heterocycles. The van der Waals surface area contributed by atoms with Gasteiger partial charge in [0.1, 0.15) is 6.61 Å². The van der Waals surface area contributed by atoms with Crippen LogP contribution in [0.3, 0.4) is 0 Å². The van der Waals surface area contributed by atoms with Crippen LogP contribution >= 0.6 is 0 Å². The monoisotopic (exact) mass is 210 g/mol. The molecule has 1 saturated carbocycles. The van der Waals surface area contributed by atoms with E-state index in [-0.39, 0.29) is 18.1 Å². The largest absolute Gasteiger partial charge is 0.369 e. The van der Waals surface area contributed by atoms with Crippen molar-refractivity contribution in [1.82, 2.24) is 10.2 Å². The van der Waals surface area contributed by atoms with Crippen LogP contribution in [0.25, 0.3) is 0 Å². The summed E-state index contributed by atoms with van der Waals surface area (Å²) in [4.78, 5) is 14.1. The van der Waals surface area contributed by atoms with Gasteiger partial charge in [-0.25, -0.2) is 0 Å². The molecular weight excluding hydrogens is 192 g/mol. The van der Waals surface area contributed by atoms with Crippen molar-refractivity contribution in [3.8, 4) is 0 Å². The Morgan fingerprint density at radius 3 is 2.93 bits per heavy atom. The molecule has 2 saturated heterocycles. The fourth-order valence-electron chi connectivity index (χ4n) is 3.03. The van der Waals surface area contributed by atoms with Crippen LogP contribution in [0.4, 0.5) is 0 Å². The van der Waals surface area contributed by atoms with Gasteiger partial charge in [0, 0.05) is 12.6 Å². The van der Waals surface area contributed by atoms with Crippen LogP contribution in [-0.2, 0) is 9.53 Å². The van der Waals surface area contributed by atoms with Crippen molar-refractivity contribution in [1.29, 1.82) is 0 Å². The Balaban J connectivity index is 1.85. The smallest absolute Gasteiger partial charge is 0.249 e. The van der Waals surface area contributed by atoms with E-state index >= 15 is 0 Å². The summed E-state index contributed by atoms with van der Waals surface area (Å²) >= 11 is 0. The van der Waals surface area contributed by atoms with Gasteiger partial charge < -0.3 is 15.0 Å². The maximum absolute atomic E-state index is 12.0. The lowest BCUT2D eigenvalue weighted by molar-refractivity contribution is -0.165. The topological polar surface area (TPSA) is 41.6 Å². The molecule has 1 unspecified atom stereocenters. The number of nitrogens with one attached hydrogen (secondary N) is 1. The lowest BCUT2D eigenvalue weighted by Crippen LogP contribution is -2.65. The maximum atomic E-state index is 12.0. The van der Waals surface area contributed by atoms with Gasteiger partial charge in [0.05, 0.1) is 12.1 Å². The second kappa shape index (κ2) is 3.46. The predicted molar refractivity (Wildman–Crippen MR) is 55.5 cm³/mol. The highest BCUT2D eigenvalue weighted by Crippen LogP contribution is 2.36. The predicted octanol–water partition coefficient (Wildman–Crippen LogP) is 0.130. The molecule has 1 amide bonds. The molecule has 3 fully saturated rings. The molecular formula is C11H18N2O2. The molecule has 0 bridgehead atoms. The number of hydrogen-bond donors (Lipinski definition) is 1. The molecule has 84 valence electrons. The normalized spacial score (nSPS) is 37.3. The summed E-state index contributed by atoms with van der Waals surface area (Å²) in [5, 5.41) is 3.36. The van der Waals surface area contributed by atoms with Gasteiger partial charge in [0.25, 0.3) is 0 Å². The van der Waals surface area contributed by atoms with E-state index < -0.39 is 0 Å². The molecule has 4 nitrogen and oxygen atoms in total. The molecule has 1 atom stereocenters. The number of hydrogen-bond acceptors (Lipinski definition) is 3. The van der Waals surface area contributed by atoms with Crippen molar-refractivity contribution in [3.63, 3.8) is 0 Å². The second-order valence-corrected chi connectivity index (χ2v) is 4.99. The summed E-state index contributed by atoms with van der Waals surface area (Å²) < 4.78 is 5.44. The quantitative estimate of drug-likeness (QED) is 0.669. The lowest BCUT2D eigenvalue weighted by atomic mass is 9.85. The lowest BCUT2D eigenvalue weighted by Gasteiger charge is -2.51. The molecule has 1 N–H and O–H groups in total. The van der Waals surface area contributed by atoms with Crippen LogP contribution in [-0.4, -0.2) is 48.7 Å². The standard InChI is InChI=1S/C11H18N2O2/c14-10-6-15-8-11(4-5-12-7-11)13(10)9-2-1-3-9/h9,12H,1-8H2. The Hall–Kier alpha value is -0.610. The van der Waals surface area contributed by atoms with Crippen molar-refractivity contribution in [2.24, 2.45) is 0 Å². The first-order chi connectivity index (χ1) is 7.32. The number of amides is 1. The average Bonchev–Trinajstić information content (AvgIpc) is 2.58. The third kappa shape index (κ3) is 1.39. The van der Waals surface area contributed by atoms with Gasteiger partial charge in [-0.3, -0.25) is 4.79 Å². The number of rotatable bonds is 1. The van der Waals surface area contributed by atoms with Crippen molar-refractivity contribution >= 4 is 5.91 Å². The van der Waals surface area contributed by atoms with Crippen LogP contribution in [0.5, 0.6) is 0 Å². The Kier molecular flexibility index (Phi) is 2.21. The highest BCUT2D eigenvalue weighted by atomic mass is 16.5. The highest BCUT2D eigenvalue weighted by molar-refractivity contribution is 5.79. The van der Waals surface area contributed by atoms with Crippen LogP contribution in [0.15, 0.2) is 0 Å². The van der Waals surface area contributed by atoms with E-state index in [1.807, 2.05) is 0 Å². The molecule has 4 heteroatoms. The first-order valence-electron chi connectivity index (χ1n) is 5.92. The van der Waals surface area contributed by atoms with E-state index in [1.54, 1.807) is 0 Å². The maximum Gasteiger partial charge on any atom is 0.249 e. The average molecular weight is 210 g/mol. The van der Waals surface area contributed by atoms with Gasteiger partial charge in [-0.1, -0.05) is 0 Å². The minimum atomic E-state index is -0.0135. The van der Waals surface area contributed by atoms with Gasteiger partial charge in [-0.05, 0) is 32.2 Å². The van der Waals surface area contributed by atoms with E-state index in [4.69, 9.17) is 4.74 Å². The van der Waals surface area contributed by atoms with Gasteiger partial charge >= 0.3 is 0 Å². The summed E-state index contributed by atoms with van der Waals surface area (Å²) in [5.74, 6) is 0.203. The Labute approximate surface area is 90.0 Å². The summed E-state index contributed by atoms with van der Waals surface area (Å²) in [5.41, 5.74) is -0.0135. The third-order valence-electron chi connectivity index (χ3n) is 4.04. The second-order valence-electron chi connectivity index (χ2n) is 4.99. The molecule has 1 spiro atoms. The van der Waals surface area contributed by atoms with Crippen LogP contribution < -0.4 is 5.32 Å². The molecule has 0 aromatic heterocycles. The first-order valence-corrected chi connectivity index (χ1v) is 5.92. The first kappa shape index (κ1) is 9.60. The highest BCUT2D eigenvalue weighted by Gasteiger charge is 2.49. The Bertz CT molecular complexity index is 270. The van der Waals surface area contributed by atoms with Crippen LogP contribution in [0.1, 0.15) is 25.7 Å². The number of carbonyl (C=O) groups excluding carboxylic acids is 1. The minimum Gasteiger partial charge on any atom is -0.369 e. The van der Waals surface area contributed by atoms with Crippen molar-refractivity contribution < 1.29 is 9.53 Å². The molecule has 2 aliphatic heterocycles. The summed E-state index contributed by atoms with van der Waals surface area (Å²) in [6, 6.07) is 0.501. The number of nitrogens with zero attached hydrogens (tertiary/aromatic N) is 1. The summed E-state index contributed by atoms with van der Waals surface area (Å²) in [6.45, 7) is 2.94. The molecule has 3 rings (SSSR count). The van der Waals surface area contributed by atoms with Crippen LogP contribution in [0.2, 0.25) is 0 Å². The van der Waals surface area contributed by atoms with Gasteiger partial charge in [-0.2, -0.15) is 0 Å². The van der Waals surface area contributed by atoms with Gasteiger partial charge in [-0.15, -0.1) is 0 Å². The number of morpholine rings is 1. The number of ether oxygens (including phenoxy) is 1. The van der Waals surface area contributed by atoms with E-state index in [9.17, 15) is 4.79 Å². The third-order valence-corrected chi connectivity index (χ3v) is 4.04. The summed E-state index contributed by atoms with van der Waals surface area (Å²) in [6.07, 6.45) is 4.70. The van der Waals surface area contributed by atoms with Gasteiger partial charge in [0.15, 0.2) is 0 Å². The van der Waals surface area contributed by atoms with Crippen LogP contribution in [0, 0.1) is 0 Å². The SMILES string of the molecule is O=C1COCC2(CCNC2)N1C1CCC1. The molecule has 0 aromatic carbocycles. The zero-order valence-electron chi connectivity index (χ0n) is 9.00. The minimum absolute atomic E-state index is 0.0135. The summed E-state index contributed by atoms with van der Waals surface area (Å²) in [7, 11) is 0. The van der Waals surface area contributed by atoms with Crippen molar-refractivity contribution in [3.05, 3.63) is 0 Å². The van der Waals surface area contributed by atoms with E-state index in [0.29, 0.717) is 6.04 Å². The molecule has 3 aliphatic rings. The van der Waals surface area contributed by atoms with Gasteiger partial charge in [0.2, 0.25) is 5.91 Å². The Morgan fingerprint density at radius 2 is 2.33 bits per heavy atom. The van der Waals surface area contributed by atoms with E-state index in [0.717, 1.165) is 26.1 Å². The molecule has 1 aliphatic carbocycles. The van der Waals surface area contributed by atoms with Crippen molar-refractivity contribution in [2.45, 2.75) is 37.3 Å². The van der Waals surface area contributed by atoms with E-state index in [2.05, 4.69) is 10.2 Å².